The summed E-state index contributed by atoms with van der Waals surface area (Å²) >= 11 is 5.50. The van der Waals surface area contributed by atoms with Crippen molar-refractivity contribution < 1.29 is 0 Å². The Labute approximate surface area is 54.6 Å². The summed E-state index contributed by atoms with van der Waals surface area (Å²) in [6.07, 6.45) is 0.728. The minimum absolute atomic E-state index is 0.606. The van der Waals surface area contributed by atoms with Gasteiger partial charge in [0.2, 0.25) is 0 Å². The van der Waals surface area contributed by atoms with Gasteiger partial charge in [-0.3, -0.25) is 0 Å². The average Bonchev–Trinajstić information content (AvgIpc) is 1.69. The Morgan fingerprint density at radius 2 is 2.25 bits per heavy atom. The first-order valence-electron chi connectivity index (χ1n) is 2.47. The van der Waals surface area contributed by atoms with Crippen LogP contribution in [-0.4, -0.2) is 0 Å². The maximum absolute atomic E-state index is 8.30. The fourth-order valence-electron chi connectivity index (χ4n) is 0.400. The molecule has 0 saturated heterocycles. The molecule has 2 heteroatoms. The third-order valence-electron chi connectivity index (χ3n) is 0.904. The van der Waals surface area contributed by atoms with Crippen LogP contribution in [-0.2, 0) is 0 Å². The van der Waals surface area contributed by atoms with E-state index in [9.17, 15) is 0 Å². The van der Waals surface area contributed by atoms with E-state index < -0.39 is 0 Å². The Balaban J connectivity index is 4.15. The van der Waals surface area contributed by atoms with Crippen LogP contribution in [0.2, 0.25) is 0 Å². The number of nitriles is 1. The normalized spacial score (nSPS) is 12.2. The third-order valence-corrected chi connectivity index (χ3v) is 1.13. The van der Waals surface area contributed by atoms with Crippen molar-refractivity contribution in [2.45, 2.75) is 20.3 Å². The van der Waals surface area contributed by atoms with Crippen LogP contribution in [0.1, 0.15) is 20.3 Å². The smallest absolute Gasteiger partial charge is 0.0959 e. The van der Waals surface area contributed by atoms with Gasteiger partial charge in [-0.2, -0.15) is 5.26 Å². The summed E-state index contributed by atoms with van der Waals surface area (Å²) in [4.78, 5) is 0. The summed E-state index contributed by atoms with van der Waals surface area (Å²) in [5.41, 5.74) is 0.673. The Morgan fingerprint density at radius 3 is 2.25 bits per heavy atom. The zero-order valence-electron chi connectivity index (χ0n) is 5.03. The van der Waals surface area contributed by atoms with Crippen molar-refractivity contribution >= 4 is 11.6 Å². The van der Waals surface area contributed by atoms with E-state index in [1.165, 1.54) is 0 Å². The summed E-state index contributed by atoms with van der Waals surface area (Å²) in [5, 5.41) is 8.91. The number of allylic oxidation sites excluding steroid dienone is 2. The second-order valence-electron chi connectivity index (χ2n) is 1.48. The lowest BCUT2D eigenvalue weighted by atomic mass is 10.2. The molecular weight excluding hydrogens is 122 g/mol. The van der Waals surface area contributed by atoms with Gasteiger partial charge in [-0.1, -0.05) is 18.5 Å². The van der Waals surface area contributed by atoms with E-state index in [0.717, 1.165) is 6.42 Å². The molecule has 0 saturated carbocycles. The van der Waals surface area contributed by atoms with Gasteiger partial charge in [-0.05, 0) is 13.3 Å². The van der Waals surface area contributed by atoms with Crippen LogP contribution in [0, 0.1) is 11.3 Å². The molecule has 8 heavy (non-hydrogen) atoms. The maximum Gasteiger partial charge on any atom is 0.0959 e. The predicted molar refractivity (Wildman–Crippen MR) is 34.5 cm³/mol. The van der Waals surface area contributed by atoms with Crippen molar-refractivity contribution in [3.8, 4) is 6.07 Å². The predicted octanol–water partition coefficient (Wildman–Crippen LogP) is 2.43. The molecule has 0 N–H and O–H groups in total. The summed E-state index contributed by atoms with van der Waals surface area (Å²) in [5.74, 6) is 0. The van der Waals surface area contributed by atoms with Gasteiger partial charge in [0.15, 0.2) is 0 Å². The summed E-state index contributed by atoms with van der Waals surface area (Å²) in [7, 11) is 0. The van der Waals surface area contributed by atoms with Crippen molar-refractivity contribution in [3.05, 3.63) is 10.6 Å². The fourth-order valence-corrected chi connectivity index (χ4v) is 0.576. The molecular formula is C6H8ClN. The van der Waals surface area contributed by atoms with Crippen LogP contribution in [0.5, 0.6) is 0 Å². The van der Waals surface area contributed by atoms with Gasteiger partial charge >= 0.3 is 0 Å². The van der Waals surface area contributed by atoms with Crippen LogP contribution in [0.3, 0.4) is 0 Å². The molecule has 0 aliphatic carbocycles. The van der Waals surface area contributed by atoms with E-state index >= 15 is 0 Å². The summed E-state index contributed by atoms with van der Waals surface area (Å²) in [6, 6.07) is 2.00. The van der Waals surface area contributed by atoms with Gasteiger partial charge in [0, 0.05) is 10.6 Å². The molecule has 0 amide bonds. The Kier molecular flexibility index (Phi) is 3.30. The first-order valence-corrected chi connectivity index (χ1v) is 2.85. The number of hydrogen-bond donors (Lipinski definition) is 0. The zero-order valence-corrected chi connectivity index (χ0v) is 5.79. The monoisotopic (exact) mass is 129 g/mol. The standard InChI is InChI=1S/C6H8ClN/c1-3-6(4-8)5(2)7/h3H2,1-2H3. The highest BCUT2D eigenvalue weighted by molar-refractivity contribution is 6.29. The third kappa shape index (κ3) is 1.99. The molecule has 0 atom stereocenters. The van der Waals surface area contributed by atoms with E-state index in [0.29, 0.717) is 10.6 Å². The van der Waals surface area contributed by atoms with Gasteiger partial charge in [0.05, 0.1) is 6.07 Å². The molecule has 44 valence electrons. The Bertz CT molecular complexity index is 137. The van der Waals surface area contributed by atoms with Crippen molar-refractivity contribution in [1.29, 1.82) is 5.26 Å². The Morgan fingerprint density at radius 1 is 1.75 bits per heavy atom. The number of nitrogens with zero attached hydrogens (tertiary/aromatic N) is 1. The molecule has 0 aromatic rings. The maximum atomic E-state index is 8.30. The number of hydrogen-bond acceptors (Lipinski definition) is 1. The van der Waals surface area contributed by atoms with Gasteiger partial charge in [-0.15, -0.1) is 0 Å². The van der Waals surface area contributed by atoms with Crippen molar-refractivity contribution in [3.63, 3.8) is 0 Å². The molecule has 0 unspecified atom stereocenters. The van der Waals surface area contributed by atoms with Gasteiger partial charge in [-0.25, -0.2) is 0 Å². The lowest BCUT2D eigenvalue weighted by molar-refractivity contribution is 1.14. The van der Waals surface area contributed by atoms with E-state index in [4.69, 9.17) is 16.9 Å². The summed E-state index contributed by atoms with van der Waals surface area (Å²) < 4.78 is 0. The van der Waals surface area contributed by atoms with Gasteiger partial charge < -0.3 is 0 Å². The van der Waals surface area contributed by atoms with Gasteiger partial charge in [0.1, 0.15) is 0 Å². The first-order chi connectivity index (χ1) is 3.72. The SMILES string of the molecule is CCC(C#N)=C(C)Cl. The lowest BCUT2D eigenvalue weighted by Gasteiger charge is -1.88. The van der Waals surface area contributed by atoms with Crippen LogP contribution < -0.4 is 0 Å². The van der Waals surface area contributed by atoms with Crippen molar-refractivity contribution in [2.24, 2.45) is 0 Å². The first kappa shape index (κ1) is 7.52. The van der Waals surface area contributed by atoms with Crippen LogP contribution in [0.15, 0.2) is 10.6 Å². The van der Waals surface area contributed by atoms with Gasteiger partial charge in [0.25, 0.3) is 0 Å². The molecule has 0 heterocycles. The quantitative estimate of drug-likeness (QED) is 0.499. The molecule has 0 spiro atoms. The van der Waals surface area contributed by atoms with E-state index in [2.05, 4.69) is 0 Å². The molecule has 1 nitrogen and oxygen atoms in total. The number of halogens is 1. The second-order valence-corrected chi connectivity index (χ2v) is 2.04. The van der Waals surface area contributed by atoms with Crippen LogP contribution in [0.4, 0.5) is 0 Å². The van der Waals surface area contributed by atoms with E-state index in [-0.39, 0.29) is 0 Å². The van der Waals surface area contributed by atoms with Crippen LogP contribution >= 0.6 is 11.6 Å². The highest BCUT2D eigenvalue weighted by atomic mass is 35.5. The van der Waals surface area contributed by atoms with E-state index in [1.54, 1.807) is 6.92 Å². The second kappa shape index (κ2) is 3.51. The molecule has 0 radical (unpaired) electrons. The molecule has 0 bridgehead atoms. The minimum Gasteiger partial charge on any atom is -0.193 e. The van der Waals surface area contributed by atoms with Crippen molar-refractivity contribution in [2.75, 3.05) is 0 Å². The molecule has 0 fully saturated rings. The van der Waals surface area contributed by atoms with E-state index in [1.807, 2.05) is 13.0 Å². The molecule has 0 aromatic carbocycles. The minimum atomic E-state index is 0.606. The zero-order chi connectivity index (χ0) is 6.57. The van der Waals surface area contributed by atoms with Crippen LogP contribution in [0.25, 0.3) is 0 Å². The average molecular weight is 130 g/mol. The highest BCUT2D eigenvalue weighted by Crippen LogP contribution is 2.09. The number of rotatable bonds is 1. The Hall–Kier alpha value is -0.480. The fraction of sp³-hybridized carbons (Fsp3) is 0.500. The topological polar surface area (TPSA) is 23.8 Å². The molecule has 0 rings (SSSR count). The molecule has 0 aliphatic heterocycles. The highest BCUT2D eigenvalue weighted by Gasteiger charge is 1.92. The molecule has 0 aromatic heterocycles. The largest absolute Gasteiger partial charge is 0.193 e. The summed E-state index contributed by atoms with van der Waals surface area (Å²) in [6.45, 7) is 3.63. The molecule has 0 aliphatic rings. The lowest BCUT2D eigenvalue weighted by Crippen LogP contribution is -1.74. The van der Waals surface area contributed by atoms with Crippen molar-refractivity contribution in [1.82, 2.24) is 0 Å².